The van der Waals surface area contributed by atoms with Gasteiger partial charge >= 0.3 is 0 Å². The van der Waals surface area contributed by atoms with Crippen LogP contribution in [0.2, 0.25) is 0 Å². The van der Waals surface area contributed by atoms with E-state index in [2.05, 4.69) is 15.9 Å². The first kappa shape index (κ1) is 14.1. The first-order valence-corrected chi connectivity index (χ1v) is 6.60. The van der Waals surface area contributed by atoms with Gasteiger partial charge in [0.15, 0.2) is 0 Å². The molecule has 0 atom stereocenters. The van der Waals surface area contributed by atoms with E-state index in [0.29, 0.717) is 0 Å². The summed E-state index contributed by atoms with van der Waals surface area (Å²) < 4.78 is 29.0. The lowest BCUT2D eigenvalue weighted by Crippen LogP contribution is -2.59. The van der Waals surface area contributed by atoms with Crippen molar-refractivity contribution in [2.75, 3.05) is 7.05 Å². The summed E-state index contributed by atoms with van der Waals surface area (Å²) in [4.78, 5) is 0. The van der Waals surface area contributed by atoms with E-state index < -0.39 is 11.3 Å². The van der Waals surface area contributed by atoms with Crippen LogP contribution in [0.4, 0.5) is 8.78 Å². The zero-order valence-electron chi connectivity index (χ0n) is 10.5. The molecule has 19 heavy (non-hydrogen) atoms. The normalized spacial score (nSPS) is 21.3. The topological polar surface area (TPSA) is 52.9 Å². The Balaban J connectivity index is 2.52. The molecule has 1 aromatic carbocycles. The van der Waals surface area contributed by atoms with Crippen LogP contribution in [-0.2, 0) is 5.41 Å². The van der Waals surface area contributed by atoms with Crippen LogP contribution in [-0.4, -0.2) is 29.7 Å². The van der Waals surface area contributed by atoms with Crippen molar-refractivity contribution < 1.29 is 13.4 Å². The first-order chi connectivity index (χ1) is 8.81. The Hall–Kier alpha value is -1.30. The van der Waals surface area contributed by atoms with Gasteiger partial charge < -0.3 is 5.73 Å². The minimum absolute atomic E-state index is 0.284. The van der Waals surface area contributed by atoms with Crippen molar-refractivity contribution in [2.45, 2.75) is 24.2 Å². The molecule has 3 N–H and O–H groups in total. The molecular formula is C13H15BrF2N3+. The van der Waals surface area contributed by atoms with Crippen molar-refractivity contribution in [1.82, 2.24) is 0 Å². The van der Waals surface area contributed by atoms with Crippen LogP contribution < -0.4 is 5.73 Å². The van der Waals surface area contributed by atoms with Crippen molar-refractivity contribution in [3.05, 3.63) is 34.3 Å². The zero-order chi connectivity index (χ0) is 14.3. The molecule has 0 aliphatic heterocycles. The molecule has 6 heteroatoms. The fraction of sp³-hybridized carbons (Fsp3) is 0.385. The van der Waals surface area contributed by atoms with Crippen LogP contribution in [0.5, 0.6) is 0 Å². The maximum Gasteiger partial charge on any atom is 0.251 e. The van der Waals surface area contributed by atoms with E-state index in [1.54, 1.807) is 25.2 Å². The summed E-state index contributed by atoms with van der Waals surface area (Å²) in [5.74, 6) is -2.41. The van der Waals surface area contributed by atoms with E-state index in [-0.39, 0.29) is 18.7 Å². The Kier molecular flexibility index (Phi) is 3.47. The maximum atomic E-state index is 13.4. The monoisotopic (exact) mass is 330 g/mol. The molecule has 0 unspecified atom stereocenters. The first-order valence-electron chi connectivity index (χ1n) is 5.81. The van der Waals surface area contributed by atoms with Gasteiger partial charge in [-0.3, -0.25) is 0 Å². The lowest BCUT2D eigenvalue weighted by Gasteiger charge is -2.46. The Morgan fingerprint density at radius 2 is 2.11 bits per heavy atom. The van der Waals surface area contributed by atoms with Gasteiger partial charge in [-0.2, -0.15) is 5.41 Å². The summed E-state index contributed by atoms with van der Waals surface area (Å²) in [5, 5.41) is 7.23. The van der Waals surface area contributed by atoms with Crippen LogP contribution in [0.1, 0.15) is 18.4 Å². The molecular weight excluding hydrogens is 316 g/mol. The molecule has 2 rings (SSSR count). The van der Waals surface area contributed by atoms with Gasteiger partial charge in [0, 0.05) is 17.3 Å². The van der Waals surface area contributed by atoms with Crippen LogP contribution in [0, 0.1) is 5.41 Å². The van der Waals surface area contributed by atoms with Crippen molar-refractivity contribution in [3.63, 3.8) is 0 Å². The lowest BCUT2D eigenvalue weighted by molar-refractivity contribution is -0.369. The highest BCUT2D eigenvalue weighted by Crippen LogP contribution is 2.53. The average molecular weight is 331 g/mol. The van der Waals surface area contributed by atoms with Gasteiger partial charge in [0.1, 0.15) is 0 Å². The van der Waals surface area contributed by atoms with E-state index in [1.807, 2.05) is 6.07 Å². The second-order valence-electron chi connectivity index (χ2n) is 4.93. The van der Waals surface area contributed by atoms with Gasteiger partial charge in [0.25, 0.3) is 5.92 Å². The van der Waals surface area contributed by atoms with Gasteiger partial charge in [-0.25, -0.2) is 13.4 Å². The van der Waals surface area contributed by atoms with Crippen molar-refractivity contribution in [2.24, 2.45) is 5.73 Å². The molecule has 1 aromatic rings. The number of hydrogen-bond donors (Lipinski definition) is 2. The van der Waals surface area contributed by atoms with Gasteiger partial charge in [-0.05, 0) is 17.7 Å². The van der Waals surface area contributed by atoms with Crippen LogP contribution >= 0.6 is 15.9 Å². The number of alkyl halides is 2. The zero-order valence-corrected chi connectivity index (χ0v) is 12.0. The molecule has 1 aliphatic carbocycles. The SMILES string of the molecule is C[N+](C=N)=C(N)C1(c2cccc(Br)c2)CC(F)(F)C1. The largest absolute Gasteiger partial charge is 0.321 e. The molecule has 0 heterocycles. The lowest BCUT2D eigenvalue weighted by atomic mass is 9.61. The smallest absolute Gasteiger partial charge is 0.251 e. The number of hydrogen-bond acceptors (Lipinski definition) is 1. The standard InChI is InChI=1S/C13H14BrF2N3/c1-19(8-17)11(18)12(6-13(15,16)7-12)9-3-2-4-10(14)5-9/h2-5,8,17-18H,6-7H2,1H3/p+1. The molecule has 1 saturated carbocycles. The third-order valence-corrected chi connectivity index (χ3v) is 4.06. The van der Waals surface area contributed by atoms with Crippen molar-refractivity contribution in [1.29, 1.82) is 5.41 Å². The number of nitrogens with two attached hydrogens (primary N) is 1. The van der Waals surface area contributed by atoms with Crippen LogP contribution in [0.15, 0.2) is 28.7 Å². The predicted octanol–water partition coefficient (Wildman–Crippen LogP) is 2.72. The Morgan fingerprint density at radius 3 is 2.58 bits per heavy atom. The van der Waals surface area contributed by atoms with Crippen molar-refractivity contribution >= 4 is 28.1 Å². The fourth-order valence-electron chi connectivity index (χ4n) is 2.56. The molecule has 0 bridgehead atoms. The Labute approximate surface area is 118 Å². The van der Waals surface area contributed by atoms with Gasteiger partial charge in [-0.1, -0.05) is 28.1 Å². The number of benzene rings is 1. The third kappa shape index (κ3) is 2.41. The molecule has 0 amide bonds. The number of amidine groups is 1. The summed E-state index contributed by atoms with van der Waals surface area (Å²) in [6.07, 6.45) is 0.395. The summed E-state index contributed by atoms with van der Waals surface area (Å²) in [7, 11) is 1.60. The second-order valence-corrected chi connectivity index (χ2v) is 5.84. The quantitative estimate of drug-likeness (QED) is 0.499. The Morgan fingerprint density at radius 1 is 1.47 bits per heavy atom. The minimum atomic E-state index is -2.70. The van der Waals surface area contributed by atoms with Gasteiger partial charge in [0.05, 0.1) is 12.5 Å². The van der Waals surface area contributed by atoms with Crippen molar-refractivity contribution in [3.8, 4) is 0 Å². The molecule has 0 radical (unpaired) electrons. The van der Waals surface area contributed by atoms with E-state index in [9.17, 15) is 8.78 Å². The highest BCUT2D eigenvalue weighted by atomic mass is 79.9. The van der Waals surface area contributed by atoms with E-state index in [0.717, 1.165) is 16.4 Å². The molecule has 0 saturated heterocycles. The predicted molar refractivity (Wildman–Crippen MR) is 74.2 cm³/mol. The van der Waals surface area contributed by atoms with E-state index >= 15 is 0 Å². The van der Waals surface area contributed by atoms with E-state index in [4.69, 9.17) is 11.1 Å². The molecule has 1 fully saturated rings. The van der Waals surface area contributed by atoms with Gasteiger partial charge in [-0.15, -0.1) is 0 Å². The average Bonchev–Trinajstić information content (AvgIpc) is 2.33. The Bertz CT molecular complexity index is 547. The summed E-state index contributed by atoms with van der Waals surface area (Å²) in [5.41, 5.74) is 5.87. The summed E-state index contributed by atoms with van der Waals surface area (Å²) in [6, 6.07) is 7.24. The second kappa shape index (κ2) is 4.67. The molecule has 1 aliphatic rings. The molecule has 0 aromatic heterocycles. The summed E-state index contributed by atoms with van der Waals surface area (Å²) in [6.45, 7) is 0. The third-order valence-electron chi connectivity index (χ3n) is 3.56. The summed E-state index contributed by atoms with van der Waals surface area (Å²) >= 11 is 3.34. The molecule has 3 nitrogen and oxygen atoms in total. The minimum Gasteiger partial charge on any atom is -0.321 e. The number of nitrogens with zero attached hydrogens (tertiary/aromatic N) is 1. The number of halogens is 3. The van der Waals surface area contributed by atoms with E-state index in [1.165, 1.54) is 4.58 Å². The fourth-order valence-corrected chi connectivity index (χ4v) is 2.96. The van der Waals surface area contributed by atoms with Crippen LogP contribution in [0.25, 0.3) is 0 Å². The number of nitrogens with one attached hydrogen (secondary N) is 1. The molecule has 102 valence electrons. The maximum absolute atomic E-state index is 13.4. The molecule has 0 spiro atoms. The van der Waals surface area contributed by atoms with Crippen LogP contribution in [0.3, 0.4) is 0 Å². The highest BCUT2D eigenvalue weighted by molar-refractivity contribution is 9.10. The van der Waals surface area contributed by atoms with Gasteiger partial charge in [0.2, 0.25) is 12.2 Å². The highest BCUT2D eigenvalue weighted by Gasteiger charge is 2.61. The number of rotatable bonds is 3.